The molecule has 0 spiro atoms. The quantitative estimate of drug-likeness (QED) is 0.755. The second-order valence-electron chi connectivity index (χ2n) is 5.51. The van der Waals surface area contributed by atoms with Crippen LogP contribution in [0.1, 0.15) is 45.6 Å². The van der Waals surface area contributed by atoms with Crippen LogP contribution in [0, 0.1) is 0 Å². The van der Waals surface area contributed by atoms with Crippen LogP contribution < -0.4 is 10.1 Å². The Kier molecular flexibility index (Phi) is 6.89. The zero-order valence-corrected chi connectivity index (χ0v) is 12.6. The van der Waals surface area contributed by atoms with Gasteiger partial charge in [-0.15, -0.1) is 0 Å². The number of aliphatic hydroxyl groups excluding tert-OH is 1. The summed E-state index contributed by atoms with van der Waals surface area (Å²) < 4.78 is 5.76. The molecule has 2 atom stereocenters. The van der Waals surface area contributed by atoms with Crippen molar-refractivity contribution in [3.8, 4) is 5.75 Å². The van der Waals surface area contributed by atoms with Gasteiger partial charge in [-0.05, 0) is 30.9 Å². The number of para-hydroxylation sites is 1. The van der Waals surface area contributed by atoms with Gasteiger partial charge < -0.3 is 15.2 Å². The average Bonchev–Trinajstić information content (AvgIpc) is 2.42. The summed E-state index contributed by atoms with van der Waals surface area (Å²) >= 11 is 0. The molecule has 0 amide bonds. The molecule has 0 aliphatic carbocycles. The fourth-order valence-electron chi connectivity index (χ4n) is 1.90. The van der Waals surface area contributed by atoms with Gasteiger partial charge in [-0.25, -0.2) is 0 Å². The van der Waals surface area contributed by atoms with Crippen LogP contribution in [0.15, 0.2) is 24.3 Å². The number of benzene rings is 1. The number of rotatable bonds is 8. The minimum atomic E-state index is -0.422. The highest BCUT2D eigenvalue weighted by Gasteiger charge is 2.12. The van der Waals surface area contributed by atoms with E-state index >= 15 is 0 Å². The van der Waals surface area contributed by atoms with Crippen LogP contribution in [-0.4, -0.2) is 30.4 Å². The number of ether oxygens (including phenoxy) is 1. The fourth-order valence-corrected chi connectivity index (χ4v) is 1.90. The molecule has 0 bridgehead atoms. The van der Waals surface area contributed by atoms with Crippen LogP contribution in [0.3, 0.4) is 0 Å². The van der Waals surface area contributed by atoms with Crippen LogP contribution in [0.4, 0.5) is 0 Å². The number of hydrogen-bond donors (Lipinski definition) is 2. The number of hydrogen-bond acceptors (Lipinski definition) is 2. The number of nitrogens with two attached hydrogens (primary N) is 1. The van der Waals surface area contributed by atoms with Gasteiger partial charge in [-0.1, -0.05) is 39.0 Å². The van der Waals surface area contributed by atoms with E-state index in [2.05, 4.69) is 39.1 Å². The van der Waals surface area contributed by atoms with Gasteiger partial charge in [0.2, 0.25) is 0 Å². The molecule has 0 fully saturated rings. The van der Waals surface area contributed by atoms with Gasteiger partial charge in [0.15, 0.2) is 0 Å². The lowest BCUT2D eigenvalue weighted by molar-refractivity contribution is -0.691. The minimum Gasteiger partial charge on any atom is -0.490 e. The largest absolute Gasteiger partial charge is 0.490 e. The molecule has 0 aliphatic heterocycles. The van der Waals surface area contributed by atoms with Crippen LogP contribution in [0.5, 0.6) is 5.75 Å². The maximum Gasteiger partial charge on any atom is 0.137 e. The molecule has 1 aromatic carbocycles. The molecule has 3 nitrogen and oxygen atoms in total. The van der Waals surface area contributed by atoms with Gasteiger partial charge >= 0.3 is 0 Å². The summed E-state index contributed by atoms with van der Waals surface area (Å²) in [7, 11) is 0. The summed E-state index contributed by atoms with van der Waals surface area (Å²) in [6.07, 6.45) is 0.693. The van der Waals surface area contributed by atoms with Crippen molar-refractivity contribution in [1.82, 2.24) is 0 Å². The summed E-state index contributed by atoms with van der Waals surface area (Å²) in [5.41, 5.74) is 1.20. The third-order valence-electron chi connectivity index (χ3n) is 3.43. The van der Waals surface area contributed by atoms with E-state index in [0.29, 0.717) is 25.1 Å². The van der Waals surface area contributed by atoms with E-state index in [1.54, 1.807) is 0 Å². The Bertz CT molecular complexity index is 366. The Morgan fingerprint density at radius 2 is 1.89 bits per heavy atom. The highest BCUT2D eigenvalue weighted by atomic mass is 16.5. The Morgan fingerprint density at radius 1 is 1.21 bits per heavy atom. The van der Waals surface area contributed by atoms with Crippen molar-refractivity contribution < 1.29 is 15.2 Å². The first-order valence-electron chi connectivity index (χ1n) is 7.27. The highest BCUT2D eigenvalue weighted by molar-refractivity contribution is 5.35. The monoisotopic (exact) mass is 266 g/mol. The standard InChI is InChI=1S/C16H27NO2/c1-5-13(4)17-10-14(18)11-19-16-9-7-6-8-15(16)12(2)3/h6-9,12-14,17-18H,5,10-11H2,1-4H3/p+1/t13-,14+/m1/s1. The van der Waals surface area contributed by atoms with Crippen molar-refractivity contribution in [2.45, 2.75) is 52.2 Å². The fraction of sp³-hybridized carbons (Fsp3) is 0.625. The molecule has 1 aromatic rings. The molecule has 0 heterocycles. The summed E-state index contributed by atoms with van der Waals surface area (Å²) in [4.78, 5) is 0. The third kappa shape index (κ3) is 5.62. The predicted molar refractivity (Wildman–Crippen MR) is 78.6 cm³/mol. The molecule has 3 heteroatoms. The maximum atomic E-state index is 9.93. The molecular formula is C16H28NO2+. The summed E-state index contributed by atoms with van der Waals surface area (Å²) in [6, 6.07) is 8.60. The van der Waals surface area contributed by atoms with Gasteiger partial charge in [0.05, 0.1) is 6.04 Å². The molecule has 0 radical (unpaired) electrons. The lowest BCUT2D eigenvalue weighted by Gasteiger charge is -2.17. The molecule has 0 aromatic heterocycles. The third-order valence-corrected chi connectivity index (χ3v) is 3.43. The van der Waals surface area contributed by atoms with Crippen LogP contribution in [0.25, 0.3) is 0 Å². The van der Waals surface area contributed by atoms with Gasteiger partial charge in [0, 0.05) is 0 Å². The van der Waals surface area contributed by atoms with E-state index < -0.39 is 6.10 Å². The summed E-state index contributed by atoms with van der Waals surface area (Å²) in [5, 5.41) is 12.1. The van der Waals surface area contributed by atoms with Crippen molar-refractivity contribution in [2.75, 3.05) is 13.2 Å². The van der Waals surface area contributed by atoms with Crippen LogP contribution >= 0.6 is 0 Å². The Hall–Kier alpha value is -1.06. The molecule has 108 valence electrons. The molecule has 3 N–H and O–H groups in total. The van der Waals surface area contributed by atoms with Gasteiger partial charge in [-0.2, -0.15) is 0 Å². The normalized spacial score (nSPS) is 14.4. The average molecular weight is 266 g/mol. The van der Waals surface area contributed by atoms with Crippen molar-refractivity contribution in [3.05, 3.63) is 29.8 Å². The second-order valence-corrected chi connectivity index (χ2v) is 5.51. The van der Waals surface area contributed by atoms with E-state index in [1.165, 1.54) is 5.56 Å². The highest BCUT2D eigenvalue weighted by Crippen LogP contribution is 2.25. The molecule has 0 aliphatic rings. The SMILES string of the molecule is CC[C@@H](C)[NH2+]C[C@H](O)COc1ccccc1C(C)C. The first-order valence-corrected chi connectivity index (χ1v) is 7.27. The molecule has 0 unspecified atom stereocenters. The molecule has 19 heavy (non-hydrogen) atoms. The molecule has 0 saturated heterocycles. The lowest BCUT2D eigenvalue weighted by atomic mass is 10.0. The molecule has 1 rings (SSSR count). The van der Waals surface area contributed by atoms with E-state index in [-0.39, 0.29) is 0 Å². The van der Waals surface area contributed by atoms with Crippen molar-refractivity contribution in [1.29, 1.82) is 0 Å². The van der Waals surface area contributed by atoms with E-state index in [0.717, 1.165) is 12.2 Å². The molecule has 0 saturated carbocycles. The maximum absolute atomic E-state index is 9.93. The second kappa shape index (κ2) is 8.18. The van der Waals surface area contributed by atoms with Crippen molar-refractivity contribution in [3.63, 3.8) is 0 Å². The number of aliphatic hydroxyl groups is 1. The van der Waals surface area contributed by atoms with Crippen LogP contribution in [0.2, 0.25) is 0 Å². The zero-order chi connectivity index (χ0) is 14.3. The Balaban J connectivity index is 2.44. The topological polar surface area (TPSA) is 46.1 Å². The lowest BCUT2D eigenvalue weighted by Crippen LogP contribution is -2.91. The first-order chi connectivity index (χ1) is 9.04. The van der Waals surface area contributed by atoms with E-state index in [1.807, 2.05) is 18.2 Å². The van der Waals surface area contributed by atoms with Gasteiger partial charge in [0.1, 0.15) is 25.0 Å². The Labute approximate surface area is 117 Å². The van der Waals surface area contributed by atoms with Crippen molar-refractivity contribution in [2.24, 2.45) is 0 Å². The summed E-state index contributed by atoms with van der Waals surface area (Å²) in [5.74, 6) is 1.32. The zero-order valence-electron chi connectivity index (χ0n) is 12.6. The van der Waals surface area contributed by atoms with Gasteiger partial charge in [0.25, 0.3) is 0 Å². The van der Waals surface area contributed by atoms with Crippen molar-refractivity contribution >= 4 is 0 Å². The van der Waals surface area contributed by atoms with E-state index in [9.17, 15) is 5.11 Å². The minimum absolute atomic E-state index is 0.358. The smallest absolute Gasteiger partial charge is 0.137 e. The first kappa shape index (κ1) is 16.0. The van der Waals surface area contributed by atoms with E-state index in [4.69, 9.17) is 4.74 Å². The van der Waals surface area contributed by atoms with Gasteiger partial charge in [-0.3, -0.25) is 0 Å². The Morgan fingerprint density at radius 3 is 2.53 bits per heavy atom. The number of quaternary nitrogens is 1. The van der Waals surface area contributed by atoms with Crippen LogP contribution in [-0.2, 0) is 0 Å². The summed E-state index contributed by atoms with van der Waals surface area (Å²) in [6.45, 7) is 9.67. The molecular weight excluding hydrogens is 238 g/mol. The predicted octanol–water partition coefficient (Wildman–Crippen LogP) is 1.91.